The van der Waals surface area contributed by atoms with Gasteiger partial charge in [-0.2, -0.15) is 0 Å². The van der Waals surface area contributed by atoms with Crippen LogP contribution in [0, 0.1) is 0 Å². The second kappa shape index (κ2) is 6.17. The largest absolute Gasteiger partial charge is 0.497 e. The van der Waals surface area contributed by atoms with Gasteiger partial charge in [0.15, 0.2) is 0 Å². The van der Waals surface area contributed by atoms with Crippen molar-refractivity contribution in [1.29, 1.82) is 0 Å². The van der Waals surface area contributed by atoms with Gasteiger partial charge in [-0.05, 0) is 54.7 Å². The lowest BCUT2D eigenvalue weighted by Crippen LogP contribution is -2.20. The van der Waals surface area contributed by atoms with Crippen molar-refractivity contribution in [2.24, 2.45) is 0 Å². The van der Waals surface area contributed by atoms with Crippen LogP contribution in [-0.2, 0) is 17.6 Å². The summed E-state index contributed by atoms with van der Waals surface area (Å²) in [7, 11) is 1.66. The molecule has 1 atom stereocenters. The molecule has 0 spiro atoms. The first kappa shape index (κ1) is 13.9. The molecule has 0 saturated heterocycles. The zero-order chi connectivity index (χ0) is 14.7. The number of rotatable bonds is 5. The number of aryl methyl sites for hydroxylation is 2. The fourth-order valence-electron chi connectivity index (χ4n) is 3.11. The monoisotopic (exact) mass is 284 g/mol. The summed E-state index contributed by atoms with van der Waals surface area (Å²) in [6, 6.07) is 10.00. The van der Waals surface area contributed by atoms with Crippen molar-refractivity contribution >= 4 is 5.78 Å². The molecule has 110 valence electrons. The second-order valence-electron chi connectivity index (χ2n) is 5.56. The number of Topliss-reactive ketones (excluding diaryl/α,β-unsaturated/α-hetero) is 1. The Morgan fingerprint density at radius 2 is 2.19 bits per heavy atom. The number of ether oxygens (including phenoxy) is 1. The van der Waals surface area contributed by atoms with E-state index >= 15 is 0 Å². The maximum absolute atomic E-state index is 12.3. The molecule has 1 aliphatic rings. The van der Waals surface area contributed by atoms with Gasteiger partial charge in [0.1, 0.15) is 17.3 Å². The summed E-state index contributed by atoms with van der Waals surface area (Å²) in [5.74, 6) is 2.19. The van der Waals surface area contributed by atoms with Crippen molar-refractivity contribution in [3.8, 4) is 5.75 Å². The van der Waals surface area contributed by atoms with E-state index in [1.54, 1.807) is 13.4 Å². The zero-order valence-electron chi connectivity index (χ0n) is 12.3. The average Bonchev–Trinajstić information content (AvgIpc) is 3.02. The van der Waals surface area contributed by atoms with Crippen LogP contribution in [0.15, 0.2) is 41.0 Å². The van der Waals surface area contributed by atoms with Crippen LogP contribution in [0.1, 0.15) is 42.1 Å². The average molecular weight is 284 g/mol. The molecule has 1 heterocycles. The van der Waals surface area contributed by atoms with Gasteiger partial charge in [0.25, 0.3) is 0 Å². The highest BCUT2D eigenvalue weighted by Crippen LogP contribution is 2.35. The highest BCUT2D eigenvalue weighted by atomic mass is 16.5. The molecule has 1 aromatic heterocycles. The third kappa shape index (κ3) is 3.02. The van der Waals surface area contributed by atoms with Crippen LogP contribution in [0.5, 0.6) is 5.75 Å². The number of hydrogen-bond acceptors (Lipinski definition) is 3. The second-order valence-corrected chi connectivity index (χ2v) is 5.56. The molecule has 1 unspecified atom stereocenters. The number of furan rings is 1. The van der Waals surface area contributed by atoms with Gasteiger partial charge < -0.3 is 9.15 Å². The fourth-order valence-corrected chi connectivity index (χ4v) is 3.11. The Hall–Kier alpha value is -2.03. The van der Waals surface area contributed by atoms with Gasteiger partial charge >= 0.3 is 0 Å². The van der Waals surface area contributed by atoms with Gasteiger partial charge in [-0.3, -0.25) is 4.79 Å². The summed E-state index contributed by atoms with van der Waals surface area (Å²) >= 11 is 0. The molecule has 0 radical (unpaired) electrons. The number of ketones is 1. The Morgan fingerprint density at radius 1 is 1.29 bits per heavy atom. The van der Waals surface area contributed by atoms with Crippen LogP contribution in [0.3, 0.4) is 0 Å². The Balaban J connectivity index is 1.73. The van der Waals surface area contributed by atoms with E-state index in [1.165, 1.54) is 5.56 Å². The summed E-state index contributed by atoms with van der Waals surface area (Å²) in [6.45, 7) is 0. The zero-order valence-corrected chi connectivity index (χ0v) is 12.3. The smallest absolute Gasteiger partial charge is 0.140 e. The number of methoxy groups -OCH3 is 1. The van der Waals surface area contributed by atoms with Crippen molar-refractivity contribution in [2.75, 3.05) is 7.11 Å². The van der Waals surface area contributed by atoms with E-state index in [0.717, 1.165) is 42.8 Å². The minimum Gasteiger partial charge on any atom is -0.497 e. The van der Waals surface area contributed by atoms with Crippen LogP contribution < -0.4 is 4.74 Å². The van der Waals surface area contributed by atoms with Gasteiger partial charge in [-0.1, -0.05) is 6.07 Å². The molecule has 21 heavy (non-hydrogen) atoms. The molecular formula is C18H20O3. The molecule has 2 aromatic rings. The van der Waals surface area contributed by atoms with Crippen LogP contribution >= 0.6 is 0 Å². The Labute approximate surface area is 124 Å². The van der Waals surface area contributed by atoms with E-state index in [9.17, 15) is 4.79 Å². The van der Waals surface area contributed by atoms with Crippen molar-refractivity contribution in [1.82, 2.24) is 0 Å². The van der Waals surface area contributed by atoms with E-state index in [1.807, 2.05) is 24.3 Å². The normalized spacial score (nSPS) is 17.6. The maximum Gasteiger partial charge on any atom is 0.140 e. The number of carbonyl (C=O) groups is 1. The molecule has 1 aromatic carbocycles. The summed E-state index contributed by atoms with van der Waals surface area (Å²) in [4.78, 5) is 12.3. The number of fused-ring (bicyclic) bond motifs is 1. The number of benzene rings is 1. The Kier molecular flexibility index (Phi) is 4.09. The standard InChI is InChI=1S/C18H20O3/c1-20-15-9-7-13-8-10-18(19)16(17(13)12-15)6-2-4-14-5-3-11-21-14/h3,5,7,9,11-12,16H,2,4,6,8,10H2,1H3. The summed E-state index contributed by atoms with van der Waals surface area (Å²) in [5.41, 5.74) is 2.45. The van der Waals surface area contributed by atoms with Gasteiger partial charge in [0, 0.05) is 18.8 Å². The van der Waals surface area contributed by atoms with Gasteiger partial charge in [-0.15, -0.1) is 0 Å². The molecule has 3 heteroatoms. The summed E-state index contributed by atoms with van der Waals surface area (Å²) in [6.07, 6.45) is 5.93. The third-order valence-electron chi connectivity index (χ3n) is 4.25. The van der Waals surface area contributed by atoms with Crippen LogP contribution in [-0.4, -0.2) is 12.9 Å². The number of carbonyl (C=O) groups excluding carboxylic acids is 1. The van der Waals surface area contributed by atoms with Gasteiger partial charge in [-0.25, -0.2) is 0 Å². The first-order valence-electron chi connectivity index (χ1n) is 7.50. The third-order valence-corrected chi connectivity index (χ3v) is 4.25. The quantitative estimate of drug-likeness (QED) is 0.835. The molecule has 3 rings (SSSR count). The minimum atomic E-state index is 0.0128. The van der Waals surface area contributed by atoms with E-state index in [0.29, 0.717) is 12.2 Å². The Morgan fingerprint density at radius 3 is 2.95 bits per heavy atom. The van der Waals surface area contributed by atoms with Crippen LogP contribution in [0.4, 0.5) is 0 Å². The van der Waals surface area contributed by atoms with Crippen molar-refractivity contribution in [2.45, 2.75) is 38.0 Å². The maximum atomic E-state index is 12.3. The topological polar surface area (TPSA) is 39.4 Å². The first-order chi connectivity index (χ1) is 10.3. The first-order valence-corrected chi connectivity index (χ1v) is 7.50. The lowest BCUT2D eigenvalue weighted by molar-refractivity contribution is -0.121. The van der Waals surface area contributed by atoms with E-state index < -0.39 is 0 Å². The van der Waals surface area contributed by atoms with Crippen molar-refractivity contribution in [3.63, 3.8) is 0 Å². The van der Waals surface area contributed by atoms with E-state index in [-0.39, 0.29) is 5.92 Å². The highest BCUT2D eigenvalue weighted by Gasteiger charge is 2.27. The lowest BCUT2D eigenvalue weighted by Gasteiger charge is -2.25. The number of hydrogen-bond donors (Lipinski definition) is 0. The molecule has 0 fully saturated rings. The fraction of sp³-hybridized carbons (Fsp3) is 0.389. The SMILES string of the molecule is COc1ccc2c(c1)C(CCCc1ccco1)C(=O)CC2. The van der Waals surface area contributed by atoms with E-state index in [4.69, 9.17) is 9.15 Å². The van der Waals surface area contributed by atoms with Crippen molar-refractivity contribution < 1.29 is 13.9 Å². The lowest BCUT2D eigenvalue weighted by atomic mass is 9.79. The molecular weight excluding hydrogens is 264 g/mol. The Bertz CT molecular complexity index is 613. The minimum absolute atomic E-state index is 0.0128. The highest BCUT2D eigenvalue weighted by molar-refractivity contribution is 5.88. The van der Waals surface area contributed by atoms with Crippen LogP contribution in [0.2, 0.25) is 0 Å². The molecule has 0 N–H and O–H groups in total. The van der Waals surface area contributed by atoms with Gasteiger partial charge in [0.05, 0.1) is 13.4 Å². The molecule has 0 aliphatic heterocycles. The molecule has 0 bridgehead atoms. The summed E-state index contributed by atoms with van der Waals surface area (Å²) < 4.78 is 10.7. The van der Waals surface area contributed by atoms with Crippen LogP contribution in [0.25, 0.3) is 0 Å². The molecule has 0 saturated carbocycles. The molecule has 0 amide bonds. The molecule has 3 nitrogen and oxygen atoms in total. The summed E-state index contributed by atoms with van der Waals surface area (Å²) in [5, 5.41) is 0. The van der Waals surface area contributed by atoms with Gasteiger partial charge in [0.2, 0.25) is 0 Å². The predicted molar refractivity (Wildman–Crippen MR) is 80.7 cm³/mol. The molecule has 1 aliphatic carbocycles. The predicted octanol–water partition coefficient (Wildman–Crippen LogP) is 3.91. The van der Waals surface area contributed by atoms with E-state index in [2.05, 4.69) is 6.07 Å². The van der Waals surface area contributed by atoms with Crippen molar-refractivity contribution in [3.05, 3.63) is 53.5 Å².